The Bertz CT molecular complexity index is 850. The minimum Gasteiger partial charge on any atom is -0.382 e. The van der Waals surface area contributed by atoms with Crippen molar-refractivity contribution < 1.29 is 13.5 Å². The van der Waals surface area contributed by atoms with Gasteiger partial charge in [0.25, 0.3) is 0 Å². The maximum Gasteiger partial charge on any atom is 0.243 e. The van der Waals surface area contributed by atoms with Gasteiger partial charge < -0.3 is 5.11 Å². The first-order valence-electron chi connectivity index (χ1n) is 8.20. The SMILES string of the molecule is O=S(=O)(c1ccc2c(c1)CCCC2)N1CC[C@@](O)(c2cn[nH]n2)C1. The predicted octanol–water partition coefficient (Wildman–Crippen LogP) is 0.966. The van der Waals surface area contributed by atoms with Gasteiger partial charge in [-0.25, -0.2) is 8.42 Å². The average Bonchev–Trinajstić information content (AvgIpc) is 3.25. The number of nitrogens with one attached hydrogen (secondary N) is 1. The number of aliphatic hydroxyl groups is 1. The Morgan fingerprint density at radius 3 is 2.75 bits per heavy atom. The molecule has 2 aromatic rings. The molecule has 7 nitrogen and oxygen atoms in total. The summed E-state index contributed by atoms with van der Waals surface area (Å²) in [5.41, 5.74) is 1.48. The summed E-state index contributed by atoms with van der Waals surface area (Å²) in [4.78, 5) is 0.313. The van der Waals surface area contributed by atoms with Crippen molar-refractivity contribution in [2.24, 2.45) is 0 Å². The van der Waals surface area contributed by atoms with Crippen LogP contribution in [0.3, 0.4) is 0 Å². The van der Waals surface area contributed by atoms with Gasteiger partial charge in [-0.3, -0.25) is 0 Å². The number of aryl methyl sites for hydroxylation is 2. The summed E-state index contributed by atoms with van der Waals surface area (Å²) < 4.78 is 27.2. The van der Waals surface area contributed by atoms with Crippen LogP contribution in [0.25, 0.3) is 0 Å². The third kappa shape index (κ3) is 2.54. The van der Waals surface area contributed by atoms with E-state index in [1.807, 2.05) is 6.07 Å². The third-order valence-corrected chi connectivity index (χ3v) is 6.90. The van der Waals surface area contributed by atoms with Gasteiger partial charge in [0.2, 0.25) is 10.0 Å². The maximum atomic E-state index is 12.9. The van der Waals surface area contributed by atoms with E-state index in [0.29, 0.717) is 17.0 Å². The lowest BCUT2D eigenvalue weighted by molar-refractivity contribution is 0.0485. The standard InChI is InChI=1S/C16H20N4O3S/c21-16(15-10-17-19-18-15)7-8-20(11-16)24(22,23)14-6-5-12-3-1-2-4-13(12)9-14/h5-6,9-10,21H,1-4,7-8,11H2,(H,17,18,19)/t16-/m0/s1. The molecular formula is C16H20N4O3S. The quantitative estimate of drug-likeness (QED) is 0.861. The first-order valence-corrected chi connectivity index (χ1v) is 9.64. The fourth-order valence-electron chi connectivity index (χ4n) is 3.62. The fourth-order valence-corrected chi connectivity index (χ4v) is 5.16. The lowest BCUT2D eigenvalue weighted by Gasteiger charge is -2.22. The molecule has 1 fully saturated rings. The smallest absolute Gasteiger partial charge is 0.243 e. The highest BCUT2D eigenvalue weighted by molar-refractivity contribution is 7.89. The lowest BCUT2D eigenvalue weighted by atomic mass is 9.92. The van der Waals surface area contributed by atoms with Crippen molar-refractivity contribution in [3.8, 4) is 0 Å². The van der Waals surface area contributed by atoms with Crippen molar-refractivity contribution in [3.05, 3.63) is 41.2 Å². The number of H-pyrrole nitrogens is 1. The number of aromatic amines is 1. The molecule has 24 heavy (non-hydrogen) atoms. The summed E-state index contributed by atoms with van der Waals surface area (Å²) in [6.07, 6.45) is 5.97. The molecule has 128 valence electrons. The van der Waals surface area contributed by atoms with Gasteiger partial charge in [0.1, 0.15) is 11.3 Å². The highest BCUT2D eigenvalue weighted by atomic mass is 32.2. The van der Waals surface area contributed by atoms with E-state index in [4.69, 9.17) is 0 Å². The number of hydrogen-bond donors (Lipinski definition) is 2. The summed E-state index contributed by atoms with van der Waals surface area (Å²) in [5, 5.41) is 20.8. The van der Waals surface area contributed by atoms with Crippen molar-refractivity contribution in [3.63, 3.8) is 0 Å². The molecule has 2 aliphatic rings. The summed E-state index contributed by atoms with van der Waals surface area (Å²) in [6.45, 7) is 0.266. The van der Waals surface area contributed by atoms with E-state index in [9.17, 15) is 13.5 Å². The normalized spacial score (nSPS) is 24.9. The van der Waals surface area contributed by atoms with Crippen LogP contribution in [0.5, 0.6) is 0 Å². The van der Waals surface area contributed by atoms with Crippen molar-refractivity contribution in [2.75, 3.05) is 13.1 Å². The van der Waals surface area contributed by atoms with E-state index in [1.54, 1.807) is 12.1 Å². The minimum absolute atomic E-state index is 0.00104. The fraction of sp³-hybridized carbons (Fsp3) is 0.500. The molecule has 1 aliphatic heterocycles. The first kappa shape index (κ1) is 15.7. The molecular weight excluding hydrogens is 328 g/mol. The summed E-state index contributed by atoms with van der Waals surface area (Å²) in [5.74, 6) is 0. The van der Waals surface area contributed by atoms with E-state index >= 15 is 0 Å². The van der Waals surface area contributed by atoms with E-state index in [2.05, 4.69) is 15.4 Å². The number of nitrogens with zero attached hydrogens (tertiary/aromatic N) is 3. The average molecular weight is 348 g/mol. The summed E-state index contributed by atoms with van der Waals surface area (Å²) in [7, 11) is -3.62. The number of fused-ring (bicyclic) bond motifs is 1. The third-order valence-electron chi connectivity index (χ3n) is 5.06. The molecule has 2 heterocycles. The van der Waals surface area contributed by atoms with Crippen LogP contribution in [0, 0.1) is 0 Å². The Hall–Kier alpha value is -1.77. The van der Waals surface area contributed by atoms with Crippen LogP contribution in [0.4, 0.5) is 0 Å². The molecule has 1 aliphatic carbocycles. The molecule has 1 atom stereocenters. The summed E-state index contributed by atoms with van der Waals surface area (Å²) in [6, 6.07) is 5.42. The molecule has 8 heteroatoms. The number of rotatable bonds is 3. The Morgan fingerprint density at radius 1 is 1.21 bits per heavy atom. The van der Waals surface area contributed by atoms with Gasteiger partial charge in [-0.05, 0) is 55.4 Å². The maximum absolute atomic E-state index is 12.9. The first-order chi connectivity index (χ1) is 11.5. The molecule has 0 radical (unpaired) electrons. The highest BCUT2D eigenvalue weighted by Gasteiger charge is 2.44. The monoisotopic (exact) mass is 348 g/mol. The number of β-amino-alcohol motifs (C(OH)–C–C–N with tert-alkyl or cyclic N) is 1. The molecule has 4 rings (SSSR count). The summed E-state index contributed by atoms with van der Waals surface area (Å²) >= 11 is 0. The van der Waals surface area contributed by atoms with E-state index < -0.39 is 15.6 Å². The van der Waals surface area contributed by atoms with E-state index in [0.717, 1.165) is 31.2 Å². The van der Waals surface area contributed by atoms with Crippen LogP contribution in [0.1, 0.15) is 36.1 Å². The zero-order valence-electron chi connectivity index (χ0n) is 13.3. The second-order valence-corrected chi connectivity index (χ2v) is 8.55. The van der Waals surface area contributed by atoms with E-state index in [1.165, 1.54) is 16.1 Å². The lowest BCUT2D eigenvalue weighted by Crippen LogP contribution is -2.34. The molecule has 0 unspecified atom stereocenters. The Kier molecular flexibility index (Phi) is 3.70. The molecule has 1 aromatic heterocycles. The van der Waals surface area contributed by atoms with Crippen molar-refractivity contribution in [2.45, 2.75) is 42.6 Å². The highest BCUT2D eigenvalue weighted by Crippen LogP contribution is 2.34. The zero-order chi connectivity index (χ0) is 16.8. The van der Waals surface area contributed by atoms with Crippen LogP contribution in [-0.4, -0.2) is 46.3 Å². The Morgan fingerprint density at radius 2 is 2.00 bits per heavy atom. The van der Waals surface area contributed by atoms with E-state index in [-0.39, 0.29) is 13.1 Å². The number of hydrogen-bond acceptors (Lipinski definition) is 5. The molecule has 0 spiro atoms. The van der Waals surface area contributed by atoms with Crippen LogP contribution in [0.15, 0.2) is 29.3 Å². The van der Waals surface area contributed by atoms with Gasteiger partial charge in [-0.1, -0.05) is 6.07 Å². The van der Waals surface area contributed by atoms with Crippen molar-refractivity contribution >= 4 is 10.0 Å². The van der Waals surface area contributed by atoms with Gasteiger partial charge in [0, 0.05) is 13.1 Å². The Labute approximate surface area is 140 Å². The van der Waals surface area contributed by atoms with Crippen molar-refractivity contribution in [1.82, 2.24) is 19.7 Å². The molecule has 0 bridgehead atoms. The van der Waals surface area contributed by atoms with Gasteiger partial charge in [-0.15, -0.1) is 0 Å². The molecule has 1 saturated heterocycles. The largest absolute Gasteiger partial charge is 0.382 e. The van der Waals surface area contributed by atoms with Crippen molar-refractivity contribution in [1.29, 1.82) is 0 Å². The molecule has 0 amide bonds. The second-order valence-electron chi connectivity index (χ2n) is 6.61. The molecule has 0 saturated carbocycles. The number of aromatic nitrogens is 3. The predicted molar refractivity (Wildman–Crippen MR) is 86.7 cm³/mol. The van der Waals surface area contributed by atoms with Gasteiger partial charge in [0.05, 0.1) is 11.1 Å². The zero-order valence-corrected chi connectivity index (χ0v) is 14.1. The molecule has 2 N–H and O–H groups in total. The number of benzene rings is 1. The van der Waals surface area contributed by atoms with Gasteiger partial charge in [0.15, 0.2) is 0 Å². The van der Waals surface area contributed by atoms with Gasteiger partial charge >= 0.3 is 0 Å². The molecule has 1 aromatic carbocycles. The second kappa shape index (κ2) is 5.65. The number of sulfonamides is 1. The Balaban J connectivity index is 1.62. The van der Waals surface area contributed by atoms with Crippen LogP contribution in [-0.2, 0) is 28.5 Å². The van der Waals surface area contributed by atoms with Crippen LogP contribution < -0.4 is 0 Å². The topological polar surface area (TPSA) is 99.2 Å². The minimum atomic E-state index is -3.62. The van der Waals surface area contributed by atoms with Gasteiger partial charge in [-0.2, -0.15) is 19.7 Å². The van der Waals surface area contributed by atoms with Crippen LogP contribution in [0.2, 0.25) is 0 Å². The van der Waals surface area contributed by atoms with Crippen LogP contribution >= 0.6 is 0 Å².